The van der Waals surface area contributed by atoms with Crippen molar-refractivity contribution in [2.75, 3.05) is 12.8 Å². The summed E-state index contributed by atoms with van der Waals surface area (Å²) in [4.78, 5) is 0. The highest BCUT2D eigenvalue weighted by atomic mass is 19.1. The second kappa shape index (κ2) is 4.76. The highest BCUT2D eigenvalue weighted by Gasteiger charge is 2.12. The van der Waals surface area contributed by atoms with E-state index in [1.807, 2.05) is 6.07 Å². The molecule has 0 aliphatic carbocycles. The van der Waals surface area contributed by atoms with E-state index in [-0.39, 0.29) is 5.69 Å². The monoisotopic (exact) mass is 242 g/mol. The van der Waals surface area contributed by atoms with Gasteiger partial charge in [-0.05, 0) is 24.3 Å². The molecule has 0 spiro atoms. The molecule has 0 amide bonds. The summed E-state index contributed by atoms with van der Waals surface area (Å²) in [5, 5.41) is 8.90. The predicted molar refractivity (Wildman–Crippen MR) is 67.5 cm³/mol. The summed E-state index contributed by atoms with van der Waals surface area (Å²) in [5.74, 6) is 0.0585. The molecule has 0 unspecified atom stereocenters. The average Bonchev–Trinajstić information content (AvgIpc) is 2.41. The summed E-state index contributed by atoms with van der Waals surface area (Å²) >= 11 is 0. The zero-order valence-corrected chi connectivity index (χ0v) is 9.77. The lowest BCUT2D eigenvalue weighted by molar-refractivity contribution is 0.416. The number of nitrogens with two attached hydrogens (primary N) is 1. The van der Waals surface area contributed by atoms with E-state index in [0.29, 0.717) is 22.4 Å². The summed E-state index contributed by atoms with van der Waals surface area (Å²) in [7, 11) is 1.51. The first-order valence-corrected chi connectivity index (χ1v) is 5.30. The molecule has 2 N–H and O–H groups in total. The Balaban J connectivity index is 2.69. The number of methoxy groups -OCH3 is 1. The van der Waals surface area contributed by atoms with Gasteiger partial charge in [0.2, 0.25) is 0 Å². The topological polar surface area (TPSA) is 59.0 Å². The number of nitrogens with zero attached hydrogens (tertiary/aromatic N) is 1. The van der Waals surface area contributed by atoms with Crippen molar-refractivity contribution < 1.29 is 9.13 Å². The van der Waals surface area contributed by atoms with Crippen molar-refractivity contribution in [3.8, 4) is 22.9 Å². The minimum Gasteiger partial charge on any atom is -0.496 e. The first-order chi connectivity index (χ1) is 8.67. The molecule has 0 fully saturated rings. The fourth-order valence-electron chi connectivity index (χ4n) is 1.76. The van der Waals surface area contributed by atoms with Crippen LogP contribution in [0, 0.1) is 17.1 Å². The van der Waals surface area contributed by atoms with Gasteiger partial charge in [0.05, 0.1) is 24.4 Å². The lowest BCUT2D eigenvalue weighted by Crippen LogP contribution is -1.96. The van der Waals surface area contributed by atoms with E-state index in [1.165, 1.54) is 13.2 Å². The molecule has 0 heterocycles. The van der Waals surface area contributed by atoms with E-state index in [2.05, 4.69) is 0 Å². The van der Waals surface area contributed by atoms with Gasteiger partial charge in [-0.15, -0.1) is 0 Å². The van der Waals surface area contributed by atoms with Gasteiger partial charge in [0, 0.05) is 11.1 Å². The minimum atomic E-state index is -0.489. The van der Waals surface area contributed by atoms with Gasteiger partial charge in [-0.3, -0.25) is 0 Å². The molecule has 0 aromatic heterocycles. The lowest BCUT2D eigenvalue weighted by Gasteiger charge is -2.11. The Kier molecular flexibility index (Phi) is 3.16. The van der Waals surface area contributed by atoms with Gasteiger partial charge in [-0.2, -0.15) is 5.26 Å². The Labute approximate surface area is 104 Å². The van der Waals surface area contributed by atoms with Gasteiger partial charge >= 0.3 is 0 Å². The number of anilines is 1. The fraction of sp³-hybridized carbons (Fsp3) is 0.0714. The maximum atomic E-state index is 13.5. The van der Waals surface area contributed by atoms with Crippen molar-refractivity contribution in [3.05, 3.63) is 47.8 Å². The number of ether oxygens (including phenoxy) is 1. The Hall–Kier alpha value is -2.54. The molecule has 0 atom stereocenters. The Morgan fingerprint density at radius 3 is 2.67 bits per heavy atom. The summed E-state index contributed by atoms with van der Waals surface area (Å²) < 4.78 is 18.7. The van der Waals surface area contributed by atoms with Crippen LogP contribution in [0.2, 0.25) is 0 Å². The Morgan fingerprint density at radius 2 is 2.00 bits per heavy atom. The molecule has 4 heteroatoms. The molecule has 2 aromatic rings. The molecule has 0 aliphatic heterocycles. The van der Waals surface area contributed by atoms with Crippen molar-refractivity contribution in [3.63, 3.8) is 0 Å². The SMILES string of the molecule is COc1ccc(C#N)cc1-c1cccc(F)c1N. The number of rotatable bonds is 2. The normalized spacial score (nSPS) is 9.83. The predicted octanol–water partition coefficient (Wildman–Crippen LogP) is 2.96. The highest BCUT2D eigenvalue weighted by Crippen LogP contribution is 2.35. The lowest BCUT2D eigenvalue weighted by atomic mass is 10.0. The summed E-state index contributed by atoms with van der Waals surface area (Å²) in [6, 6.07) is 11.5. The Bertz CT molecular complexity index is 632. The number of halogens is 1. The van der Waals surface area contributed by atoms with Crippen LogP contribution in [-0.4, -0.2) is 7.11 Å². The van der Waals surface area contributed by atoms with Crippen molar-refractivity contribution in [2.45, 2.75) is 0 Å². The largest absolute Gasteiger partial charge is 0.496 e. The number of benzene rings is 2. The molecule has 0 radical (unpaired) electrons. The second-order valence-electron chi connectivity index (χ2n) is 3.73. The van der Waals surface area contributed by atoms with Gasteiger partial charge in [0.15, 0.2) is 0 Å². The summed E-state index contributed by atoms with van der Waals surface area (Å²) in [5.41, 5.74) is 7.35. The highest BCUT2D eigenvalue weighted by molar-refractivity contribution is 5.81. The molecule has 2 aromatic carbocycles. The van der Waals surface area contributed by atoms with Gasteiger partial charge < -0.3 is 10.5 Å². The van der Waals surface area contributed by atoms with Crippen LogP contribution in [0.5, 0.6) is 5.75 Å². The van der Waals surface area contributed by atoms with E-state index < -0.39 is 5.82 Å². The smallest absolute Gasteiger partial charge is 0.146 e. The molecule has 0 bridgehead atoms. The second-order valence-corrected chi connectivity index (χ2v) is 3.73. The van der Waals surface area contributed by atoms with Crippen molar-refractivity contribution >= 4 is 5.69 Å². The number of hydrogen-bond donors (Lipinski definition) is 1. The molecule has 18 heavy (non-hydrogen) atoms. The van der Waals surface area contributed by atoms with E-state index in [0.717, 1.165) is 0 Å². The van der Waals surface area contributed by atoms with Crippen LogP contribution in [0.3, 0.4) is 0 Å². The van der Waals surface area contributed by atoms with Crippen LogP contribution in [0.1, 0.15) is 5.56 Å². The third kappa shape index (κ3) is 1.98. The molecule has 90 valence electrons. The van der Waals surface area contributed by atoms with Gasteiger partial charge in [0.25, 0.3) is 0 Å². The fourth-order valence-corrected chi connectivity index (χ4v) is 1.76. The molecule has 3 nitrogen and oxygen atoms in total. The maximum Gasteiger partial charge on any atom is 0.146 e. The third-order valence-electron chi connectivity index (χ3n) is 2.67. The molecular weight excluding hydrogens is 231 g/mol. The zero-order valence-electron chi connectivity index (χ0n) is 9.77. The standard InChI is InChI=1S/C14H11FN2O/c1-18-13-6-5-9(8-16)7-11(13)10-3-2-4-12(15)14(10)17/h2-7H,17H2,1H3. The maximum absolute atomic E-state index is 13.5. The molecule has 0 aliphatic rings. The van der Waals surface area contributed by atoms with Crippen LogP contribution in [-0.2, 0) is 0 Å². The van der Waals surface area contributed by atoms with Crippen LogP contribution in [0.25, 0.3) is 11.1 Å². The van der Waals surface area contributed by atoms with Crippen LogP contribution in [0.4, 0.5) is 10.1 Å². The van der Waals surface area contributed by atoms with Gasteiger partial charge in [0.1, 0.15) is 11.6 Å². The minimum absolute atomic E-state index is 0.0471. The van der Waals surface area contributed by atoms with Crippen LogP contribution < -0.4 is 10.5 Å². The van der Waals surface area contributed by atoms with E-state index in [1.54, 1.807) is 30.3 Å². The quantitative estimate of drug-likeness (QED) is 0.823. The summed E-state index contributed by atoms with van der Waals surface area (Å²) in [6.45, 7) is 0. The van der Waals surface area contributed by atoms with Crippen LogP contribution >= 0.6 is 0 Å². The van der Waals surface area contributed by atoms with Crippen molar-refractivity contribution in [1.29, 1.82) is 5.26 Å². The molecular formula is C14H11FN2O. The van der Waals surface area contributed by atoms with Crippen molar-refractivity contribution in [1.82, 2.24) is 0 Å². The summed E-state index contributed by atoms with van der Waals surface area (Å²) in [6.07, 6.45) is 0. The first-order valence-electron chi connectivity index (χ1n) is 5.30. The number of nitrogen functional groups attached to an aromatic ring is 1. The van der Waals surface area contributed by atoms with E-state index in [4.69, 9.17) is 15.7 Å². The number of para-hydroxylation sites is 1. The number of nitriles is 1. The number of hydrogen-bond acceptors (Lipinski definition) is 3. The van der Waals surface area contributed by atoms with E-state index >= 15 is 0 Å². The van der Waals surface area contributed by atoms with Gasteiger partial charge in [-0.25, -0.2) is 4.39 Å². The third-order valence-corrected chi connectivity index (χ3v) is 2.67. The van der Waals surface area contributed by atoms with E-state index in [9.17, 15) is 4.39 Å². The molecule has 2 rings (SSSR count). The van der Waals surface area contributed by atoms with Gasteiger partial charge in [-0.1, -0.05) is 12.1 Å². The first kappa shape index (κ1) is 11.9. The van der Waals surface area contributed by atoms with Crippen molar-refractivity contribution in [2.24, 2.45) is 0 Å². The zero-order chi connectivity index (χ0) is 13.1. The average molecular weight is 242 g/mol. The molecule has 0 saturated carbocycles. The molecule has 0 saturated heterocycles. The Morgan fingerprint density at radius 1 is 1.22 bits per heavy atom. The van der Waals surface area contributed by atoms with Crippen LogP contribution in [0.15, 0.2) is 36.4 Å².